The molecule has 15 heavy (non-hydrogen) atoms. The quantitative estimate of drug-likeness (QED) is 0.778. The molecule has 78 valence electrons. The summed E-state index contributed by atoms with van der Waals surface area (Å²) in [6.45, 7) is 2.62. The molecular formula is C11H12N2OS. The second kappa shape index (κ2) is 3.17. The lowest BCUT2D eigenvalue weighted by molar-refractivity contribution is 0.608. The fourth-order valence-electron chi connectivity index (χ4n) is 1.87. The predicted octanol–water partition coefficient (Wildman–Crippen LogP) is 2.36. The smallest absolute Gasteiger partial charge is 0.267 e. The number of aryl methyl sites for hydroxylation is 1. The number of nitrogens with zero attached hydrogens (tertiary/aromatic N) is 2. The Balaban J connectivity index is 2.37. The van der Waals surface area contributed by atoms with Crippen LogP contribution in [-0.4, -0.2) is 9.78 Å². The van der Waals surface area contributed by atoms with Crippen LogP contribution in [0.3, 0.4) is 0 Å². The van der Waals surface area contributed by atoms with Gasteiger partial charge < -0.3 is 0 Å². The molecule has 3 nitrogen and oxygen atoms in total. The standard InChI is InChI=1S/C11H12N2OS/c1-2-13-11(14)8-5-6-15-10(8)9(12-13)7-3-4-7/h5-7H,2-4H2,1H3. The van der Waals surface area contributed by atoms with Crippen LogP contribution in [0.5, 0.6) is 0 Å². The summed E-state index contributed by atoms with van der Waals surface area (Å²) in [5.74, 6) is 0.601. The van der Waals surface area contributed by atoms with Crippen molar-refractivity contribution in [2.75, 3.05) is 0 Å². The minimum Gasteiger partial charge on any atom is -0.267 e. The topological polar surface area (TPSA) is 34.9 Å². The van der Waals surface area contributed by atoms with E-state index in [1.807, 2.05) is 18.4 Å². The molecule has 2 aromatic rings. The molecular weight excluding hydrogens is 208 g/mol. The van der Waals surface area contributed by atoms with Gasteiger partial charge in [-0.1, -0.05) is 0 Å². The van der Waals surface area contributed by atoms with Crippen LogP contribution in [0.25, 0.3) is 10.1 Å². The Hall–Kier alpha value is -1.16. The summed E-state index contributed by atoms with van der Waals surface area (Å²) in [7, 11) is 0. The molecule has 0 spiro atoms. The average molecular weight is 220 g/mol. The number of hydrogen-bond donors (Lipinski definition) is 0. The third-order valence-corrected chi connectivity index (χ3v) is 3.79. The molecule has 0 aliphatic heterocycles. The van der Waals surface area contributed by atoms with Gasteiger partial charge in [0.2, 0.25) is 0 Å². The Labute approximate surface area is 91.4 Å². The summed E-state index contributed by atoms with van der Waals surface area (Å²) in [6, 6.07) is 1.92. The molecule has 0 aromatic carbocycles. The maximum Gasteiger partial charge on any atom is 0.275 e. The van der Waals surface area contributed by atoms with E-state index in [2.05, 4.69) is 5.10 Å². The van der Waals surface area contributed by atoms with Crippen LogP contribution in [0.15, 0.2) is 16.2 Å². The van der Waals surface area contributed by atoms with Crippen molar-refractivity contribution in [3.8, 4) is 0 Å². The lowest BCUT2D eigenvalue weighted by Gasteiger charge is -2.05. The fraction of sp³-hybridized carbons (Fsp3) is 0.455. The largest absolute Gasteiger partial charge is 0.275 e. The van der Waals surface area contributed by atoms with Gasteiger partial charge in [-0.2, -0.15) is 5.10 Å². The molecule has 1 aliphatic carbocycles. The minimum atomic E-state index is 0.0538. The molecule has 1 saturated carbocycles. The number of aromatic nitrogens is 2. The van der Waals surface area contributed by atoms with Crippen LogP contribution in [0.2, 0.25) is 0 Å². The van der Waals surface area contributed by atoms with Gasteiger partial charge in [-0.3, -0.25) is 4.79 Å². The first-order chi connectivity index (χ1) is 7.31. The van der Waals surface area contributed by atoms with Gasteiger partial charge in [0.25, 0.3) is 5.56 Å². The molecule has 0 saturated heterocycles. The zero-order chi connectivity index (χ0) is 10.4. The molecule has 0 radical (unpaired) electrons. The first-order valence-corrected chi connectivity index (χ1v) is 6.17. The number of rotatable bonds is 2. The molecule has 1 aliphatic rings. The van der Waals surface area contributed by atoms with Gasteiger partial charge in [0.15, 0.2) is 0 Å². The number of hydrogen-bond acceptors (Lipinski definition) is 3. The van der Waals surface area contributed by atoms with Crippen molar-refractivity contribution >= 4 is 21.4 Å². The van der Waals surface area contributed by atoms with E-state index in [0.717, 1.165) is 15.8 Å². The van der Waals surface area contributed by atoms with Crippen molar-refractivity contribution in [3.05, 3.63) is 27.5 Å². The average Bonchev–Trinajstić information content (AvgIpc) is 2.96. The highest BCUT2D eigenvalue weighted by Gasteiger charge is 2.28. The van der Waals surface area contributed by atoms with Crippen molar-refractivity contribution in [1.82, 2.24) is 9.78 Å². The molecule has 0 atom stereocenters. The van der Waals surface area contributed by atoms with Gasteiger partial charge in [-0.25, -0.2) is 4.68 Å². The van der Waals surface area contributed by atoms with Gasteiger partial charge in [0, 0.05) is 12.5 Å². The molecule has 4 heteroatoms. The minimum absolute atomic E-state index is 0.0538. The number of fused-ring (bicyclic) bond motifs is 1. The molecule has 0 amide bonds. The summed E-state index contributed by atoms with van der Waals surface area (Å²) in [6.07, 6.45) is 2.45. The van der Waals surface area contributed by atoms with Gasteiger partial charge in [-0.05, 0) is 31.2 Å². The first kappa shape index (κ1) is 9.09. The van der Waals surface area contributed by atoms with E-state index >= 15 is 0 Å². The second-order valence-corrected chi connectivity index (χ2v) is 4.86. The van der Waals surface area contributed by atoms with E-state index in [9.17, 15) is 4.79 Å². The van der Waals surface area contributed by atoms with Crippen molar-refractivity contribution < 1.29 is 0 Å². The van der Waals surface area contributed by atoms with Gasteiger partial charge >= 0.3 is 0 Å². The molecule has 2 aromatic heterocycles. The van der Waals surface area contributed by atoms with Crippen molar-refractivity contribution in [1.29, 1.82) is 0 Å². The first-order valence-electron chi connectivity index (χ1n) is 5.29. The lowest BCUT2D eigenvalue weighted by atomic mass is 10.2. The van der Waals surface area contributed by atoms with Crippen LogP contribution in [0, 0.1) is 0 Å². The van der Waals surface area contributed by atoms with Crippen LogP contribution in [0.1, 0.15) is 31.4 Å². The second-order valence-electron chi connectivity index (χ2n) is 3.94. The summed E-state index contributed by atoms with van der Waals surface area (Å²) in [5, 5.41) is 7.30. The molecule has 0 unspecified atom stereocenters. The zero-order valence-corrected chi connectivity index (χ0v) is 9.38. The van der Waals surface area contributed by atoms with Crippen LogP contribution in [0.4, 0.5) is 0 Å². The van der Waals surface area contributed by atoms with Crippen LogP contribution < -0.4 is 5.56 Å². The van der Waals surface area contributed by atoms with Crippen LogP contribution in [-0.2, 0) is 6.54 Å². The number of thiophene rings is 1. The molecule has 2 heterocycles. The van der Waals surface area contributed by atoms with E-state index in [-0.39, 0.29) is 5.56 Å². The Kier molecular flexibility index (Phi) is 1.92. The van der Waals surface area contributed by atoms with E-state index in [1.54, 1.807) is 16.0 Å². The van der Waals surface area contributed by atoms with Gasteiger partial charge in [0.1, 0.15) is 0 Å². The third kappa shape index (κ3) is 1.32. The van der Waals surface area contributed by atoms with Crippen LogP contribution >= 0.6 is 11.3 Å². The molecule has 0 bridgehead atoms. The molecule has 1 fully saturated rings. The zero-order valence-electron chi connectivity index (χ0n) is 8.56. The maximum atomic E-state index is 11.9. The Bertz CT molecular complexity index is 565. The molecule has 0 N–H and O–H groups in total. The lowest BCUT2D eigenvalue weighted by Crippen LogP contribution is -2.22. The summed E-state index contributed by atoms with van der Waals surface area (Å²) in [4.78, 5) is 11.9. The summed E-state index contributed by atoms with van der Waals surface area (Å²) in [5.41, 5.74) is 1.19. The van der Waals surface area contributed by atoms with Crippen molar-refractivity contribution in [2.45, 2.75) is 32.2 Å². The highest BCUT2D eigenvalue weighted by molar-refractivity contribution is 7.17. The monoisotopic (exact) mass is 220 g/mol. The summed E-state index contributed by atoms with van der Waals surface area (Å²) >= 11 is 1.64. The third-order valence-electron chi connectivity index (χ3n) is 2.85. The van der Waals surface area contributed by atoms with Gasteiger partial charge in [-0.15, -0.1) is 11.3 Å². The van der Waals surface area contributed by atoms with E-state index in [4.69, 9.17) is 0 Å². The normalized spacial score (nSPS) is 16.1. The highest BCUT2D eigenvalue weighted by atomic mass is 32.1. The Morgan fingerprint density at radius 3 is 3.07 bits per heavy atom. The SMILES string of the molecule is CCn1nc(C2CC2)c2sccc2c1=O. The van der Waals surface area contributed by atoms with E-state index in [0.29, 0.717) is 12.5 Å². The Morgan fingerprint density at radius 1 is 1.60 bits per heavy atom. The predicted molar refractivity (Wildman–Crippen MR) is 61.5 cm³/mol. The summed E-state index contributed by atoms with van der Waals surface area (Å²) < 4.78 is 2.69. The van der Waals surface area contributed by atoms with Gasteiger partial charge in [0.05, 0.1) is 15.8 Å². The highest BCUT2D eigenvalue weighted by Crippen LogP contribution is 2.42. The fourth-order valence-corrected chi connectivity index (χ4v) is 2.82. The van der Waals surface area contributed by atoms with E-state index < -0.39 is 0 Å². The maximum absolute atomic E-state index is 11.9. The van der Waals surface area contributed by atoms with Crippen molar-refractivity contribution in [2.24, 2.45) is 0 Å². The Morgan fingerprint density at radius 2 is 2.40 bits per heavy atom. The van der Waals surface area contributed by atoms with Crippen molar-refractivity contribution in [3.63, 3.8) is 0 Å². The van der Waals surface area contributed by atoms with E-state index in [1.165, 1.54) is 12.8 Å². The molecule has 3 rings (SSSR count).